The van der Waals surface area contributed by atoms with Crippen LogP contribution in [0, 0.1) is 5.92 Å². The molecule has 0 bridgehead atoms. The van der Waals surface area contributed by atoms with Crippen LogP contribution in [0.1, 0.15) is 30.0 Å². The third-order valence-electron chi connectivity index (χ3n) is 3.89. The van der Waals surface area contributed by atoms with Crippen molar-refractivity contribution >= 4 is 6.03 Å². The highest BCUT2D eigenvalue weighted by molar-refractivity contribution is 5.74. The summed E-state index contributed by atoms with van der Waals surface area (Å²) in [6, 6.07) is 9.61. The van der Waals surface area contributed by atoms with E-state index >= 15 is 0 Å². The Morgan fingerprint density at radius 2 is 2.09 bits per heavy atom. The number of carbonyl (C=O) groups is 1. The molecule has 0 aliphatic heterocycles. The topological polar surface area (TPSA) is 63.5 Å². The van der Waals surface area contributed by atoms with Gasteiger partial charge < -0.3 is 19.8 Å². The monoisotopic (exact) mass is 300 g/mol. The Kier molecular flexibility index (Phi) is 4.32. The van der Waals surface area contributed by atoms with E-state index in [9.17, 15) is 4.79 Å². The van der Waals surface area contributed by atoms with Crippen LogP contribution in [0.3, 0.4) is 0 Å². The molecule has 1 aliphatic rings. The molecule has 1 saturated carbocycles. The third kappa shape index (κ3) is 3.61. The molecule has 1 fully saturated rings. The Morgan fingerprint density at radius 3 is 2.68 bits per heavy atom. The highest BCUT2D eigenvalue weighted by Gasteiger charge is 2.33. The first-order valence-corrected chi connectivity index (χ1v) is 7.45. The van der Waals surface area contributed by atoms with E-state index in [1.807, 2.05) is 30.3 Å². The van der Waals surface area contributed by atoms with Crippen molar-refractivity contribution in [3.05, 3.63) is 54.0 Å². The zero-order valence-electron chi connectivity index (χ0n) is 12.5. The SMILES string of the molecule is COc1ccc(C(NC(=O)NCc2ccoc2)C2CC2)cc1. The van der Waals surface area contributed by atoms with Gasteiger partial charge in [-0.15, -0.1) is 0 Å². The van der Waals surface area contributed by atoms with Crippen LogP contribution in [0.5, 0.6) is 5.75 Å². The van der Waals surface area contributed by atoms with Crippen molar-refractivity contribution in [2.75, 3.05) is 7.11 Å². The van der Waals surface area contributed by atoms with E-state index in [4.69, 9.17) is 9.15 Å². The molecule has 1 aliphatic carbocycles. The van der Waals surface area contributed by atoms with Crippen molar-refractivity contribution in [2.24, 2.45) is 5.92 Å². The van der Waals surface area contributed by atoms with Crippen LogP contribution in [0.15, 0.2) is 47.3 Å². The number of ether oxygens (including phenoxy) is 1. The van der Waals surface area contributed by atoms with Crippen molar-refractivity contribution in [1.29, 1.82) is 0 Å². The second-order valence-corrected chi connectivity index (χ2v) is 5.55. The molecule has 1 unspecified atom stereocenters. The number of furan rings is 1. The van der Waals surface area contributed by atoms with Gasteiger partial charge in [0.2, 0.25) is 0 Å². The van der Waals surface area contributed by atoms with Crippen molar-refractivity contribution < 1.29 is 13.9 Å². The highest BCUT2D eigenvalue weighted by Crippen LogP contribution is 2.41. The molecule has 1 atom stereocenters. The van der Waals surface area contributed by atoms with Crippen LogP contribution in [-0.4, -0.2) is 13.1 Å². The Bertz CT molecular complexity index is 603. The molecule has 22 heavy (non-hydrogen) atoms. The molecule has 5 heteroatoms. The highest BCUT2D eigenvalue weighted by atomic mass is 16.5. The predicted octanol–water partition coefficient (Wildman–Crippen LogP) is 3.24. The Labute approximate surface area is 129 Å². The van der Waals surface area contributed by atoms with Gasteiger partial charge in [0.1, 0.15) is 5.75 Å². The zero-order valence-corrected chi connectivity index (χ0v) is 12.5. The standard InChI is InChI=1S/C17H20N2O3/c1-21-15-6-4-14(5-7-15)16(13-2-3-13)19-17(20)18-10-12-8-9-22-11-12/h4-9,11,13,16H,2-3,10H2,1H3,(H2,18,19,20). The average molecular weight is 300 g/mol. The molecule has 2 amide bonds. The summed E-state index contributed by atoms with van der Waals surface area (Å²) in [6.07, 6.45) is 5.53. The van der Waals surface area contributed by atoms with Crippen molar-refractivity contribution in [2.45, 2.75) is 25.4 Å². The summed E-state index contributed by atoms with van der Waals surface area (Å²) in [6.45, 7) is 0.461. The van der Waals surface area contributed by atoms with Crippen molar-refractivity contribution in [1.82, 2.24) is 10.6 Å². The van der Waals surface area contributed by atoms with E-state index in [0.29, 0.717) is 12.5 Å². The number of carbonyl (C=O) groups excluding carboxylic acids is 1. The molecular formula is C17H20N2O3. The zero-order chi connectivity index (χ0) is 15.4. The van der Waals surface area contributed by atoms with Gasteiger partial charge in [-0.05, 0) is 42.5 Å². The van der Waals surface area contributed by atoms with Gasteiger partial charge in [-0.2, -0.15) is 0 Å². The molecule has 5 nitrogen and oxygen atoms in total. The fraction of sp³-hybridized carbons (Fsp3) is 0.353. The first kappa shape index (κ1) is 14.5. The number of amides is 2. The van der Waals surface area contributed by atoms with Gasteiger partial charge in [-0.1, -0.05) is 12.1 Å². The minimum Gasteiger partial charge on any atom is -0.497 e. The van der Waals surface area contributed by atoms with E-state index in [0.717, 1.165) is 29.7 Å². The third-order valence-corrected chi connectivity index (χ3v) is 3.89. The largest absolute Gasteiger partial charge is 0.497 e. The lowest BCUT2D eigenvalue weighted by molar-refractivity contribution is 0.235. The lowest BCUT2D eigenvalue weighted by Crippen LogP contribution is -2.38. The van der Waals surface area contributed by atoms with Crippen LogP contribution in [-0.2, 0) is 6.54 Å². The number of urea groups is 1. The first-order valence-electron chi connectivity index (χ1n) is 7.45. The fourth-order valence-corrected chi connectivity index (χ4v) is 2.48. The van der Waals surface area contributed by atoms with Crippen LogP contribution in [0.2, 0.25) is 0 Å². The minimum absolute atomic E-state index is 0.0512. The smallest absolute Gasteiger partial charge is 0.315 e. The Hall–Kier alpha value is -2.43. The number of benzene rings is 1. The lowest BCUT2D eigenvalue weighted by Gasteiger charge is -2.19. The normalized spacial score (nSPS) is 15.1. The second-order valence-electron chi connectivity index (χ2n) is 5.55. The van der Waals surface area contributed by atoms with E-state index in [2.05, 4.69) is 10.6 Å². The Balaban J connectivity index is 1.60. The average Bonchev–Trinajstić information content (AvgIpc) is 3.26. The maximum absolute atomic E-state index is 12.1. The summed E-state index contributed by atoms with van der Waals surface area (Å²) in [4.78, 5) is 12.1. The maximum atomic E-state index is 12.1. The minimum atomic E-state index is -0.158. The summed E-state index contributed by atoms with van der Waals surface area (Å²) >= 11 is 0. The van der Waals surface area contributed by atoms with Gasteiger partial charge in [0.05, 0.1) is 25.7 Å². The molecule has 0 spiro atoms. The fourth-order valence-electron chi connectivity index (χ4n) is 2.48. The van der Waals surface area contributed by atoms with Gasteiger partial charge >= 0.3 is 6.03 Å². The molecule has 3 rings (SSSR count). The number of methoxy groups -OCH3 is 1. The predicted molar refractivity (Wildman–Crippen MR) is 82.5 cm³/mol. The molecule has 1 aromatic heterocycles. The van der Waals surface area contributed by atoms with Crippen LogP contribution < -0.4 is 15.4 Å². The molecule has 0 radical (unpaired) electrons. The second kappa shape index (κ2) is 6.56. The Morgan fingerprint density at radius 1 is 1.32 bits per heavy atom. The van der Waals surface area contributed by atoms with Crippen LogP contribution in [0.4, 0.5) is 4.79 Å². The van der Waals surface area contributed by atoms with Gasteiger partial charge in [-0.3, -0.25) is 0 Å². The molecule has 0 saturated heterocycles. The molecule has 1 heterocycles. The number of nitrogens with one attached hydrogen (secondary N) is 2. The number of hydrogen-bond donors (Lipinski definition) is 2. The van der Waals surface area contributed by atoms with Gasteiger partial charge in [0, 0.05) is 12.1 Å². The first-order chi connectivity index (χ1) is 10.8. The molecule has 116 valence electrons. The van der Waals surface area contributed by atoms with Gasteiger partial charge in [0.25, 0.3) is 0 Å². The molecule has 2 aromatic rings. The molecule has 1 aromatic carbocycles. The summed E-state index contributed by atoms with van der Waals surface area (Å²) in [5.41, 5.74) is 2.06. The molecule has 2 N–H and O–H groups in total. The quantitative estimate of drug-likeness (QED) is 0.861. The van der Waals surface area contributed by atoms with E-state index in [1.165, 1.54) is 0 Å². The summed E-state index contributed by atoms with van der Waals surface area (Å²) < 4.78 is 10.2. The summed E-state index contributed by atoms with van der Waals surface area (Å²) in [5, 5.41) is 5.93. The molecular weight excluding hydrogens is 280 g/mol. The maximum Gasteiger partial charge on any atom is 0.315 e. The van der Waals surface area contributed by atoms with Gasteiger partial charge in [-0.25, -0.2) is 4.79 Å². The van der Waals surface area contributed by atoms with Gasteiger partial charge in [0.15, 0.2) is 0 Å². The van der Waals surface area contributed by atoms with Crippen LogP contribution in [0.25, 0.3) is 0 Å². The summed E-state index contributed by atoms with van der Waals surface area (Å²) in [7, 11) is 1.65. The van der Waals surface area contributed by atoms with Crippen molar-refractivity contribution in [3.8, 4) is 5.75 Å². The number of rotatable bonds is 6. The van der Waals surface area contributed by atoms with Crippen molar-refractivity contribution in [3.63, 3.8) is 0 Å². The van der Waals surface area contributed by atoms with E-state index in [1.54, 1.807) is 19.6 Å². The lowest BCUT2D eigenvalue weighted by atomic mass is 10.0. The summed E-state index contributed by atoms with van der Waals surface area (Å²) in [5.74, 6) is 1.34. The number of hydrogen-bond acceptors (Lipinski definition) is 3. The van der Waals surface area contributed by atoms with E-state index < -0.39 is 0 Å². The van der Waals surface area contributed by atoms with Crippen LogP contribution >= 0.6 is 0 Å². The van der Waals surface area contributed by atoms with E-state index in [-0.39, 0.29) is 12.1 Å².